The lowest BCUT2D eigenvalue weighted by Crippen LogP contribution is -2.46. The first kappa shape index (κ1) is 22.0. The molecule has 2 aromatic rings. The molecule has 31 heavy (non-hydrogen) atoms. The summed E-state index contributed by atoms with van der Waals surface area (Å²) < 4.78 is 15.5. The van der Waals surface area contributed by atoms with Crippen LogP contribution in [0.25, 0.3) is 0 Å². The summed E-state index contributed by atoms with van der Waals surface area (Å²) in [5.74, 6) is -3.79. The van der Waals surface area contributed by atoms with Gasteiger partial charge in [0.05, 0.1) is 13.2 Å². The number of likely N-dealkylation sites (tertiary alicyclic amines) is 1. The van der Waals surface area contributed by atoms with Crippen LogP contribution in [0.5, 0.6) is 0 Å². The average molecular weight is 425 g/mol. The van der Waals surface area contributed by atoms with Crippen LogP contribution < -0.4 is 0 Å². The third-order valence-corrected chi connectivity index (χ3v) is 4.77. The summed E-state index contributed by atoms with van der Waals surface area (Å²) in [5, 5.41) is 0. The minimum absolute atomic E-state index is 0.0346. The highest BCUT2D eigenvalue weighted by atomic mass is 16.6. The van der Waals surface area contributed by atoms with Gasteiger partial charge in [-0.1, -0.05) is 60.7 Å². The van der Waals surface area contributed by atoms with E-state index in [1.807, 2.05) is 12.1 Å². The van der Waals surface area contributed by atoms with E-state index in [0.29, 0.717) is 0 Å². The van der Waals surface area contributed by atoms with Crippen LogP contribution in [0.3, 0.4) is 0 Å². The molecule has 1 aliphatic heterocycles. The summed E-state index contributed by atoms with van der Waals surface area (Å²) in [5.41, 5.74) is 1.47. The molecular formula is C23H23NO7. The zero-order valence-corrected chi connectivity index (χ0v) is 17.1. The lowest BCUT2D eigenvalue weighted by molar-refractivity contribution is -0.160. The van der Waals surface area contributed by atoms with E-state index in [-0.39, 0.29) is 19.8 Å². The van der Waals surface area contributed by atoms with Gasteiger partial charge in [-0.2, -0.15) is 0 Å². The van der Waals surface area contributed by atoms with Crippen molar-refractivity contribution in [3.05, 3.63) is 71.8 Å². The second kappa shape index (κ2) is 10.4. The fourth-order valence-corrected chi connectivity index (χ4v) is 3.27. The quantitative estimate of drug-likeness (QED) is 0.382. The lowest BCUT2D eigenvalue weighted by atomic mass is 9.99. The maximum atomic E-state index is 12.8. The van der Waals surface area contributed by atoms with Gasteiger partial charge in [0.1, 0.15) is 19.1 Å². The molecule has 1 saturated heterocycles. The number of hydrogen-bond donors (Lipinski definition) is 0. The molecule has 2 unspecified atom stereocenters. The number of carbonyl (C=O) groups is 4. The van der Waals surface area contributed by atoms with E-state index in [1.165, 1.54) is 0 Å². The van der Waals surface area contributed by atoms with Crippen LogP contribution in [0.4, 0.5) is 4.79 Å². The smallest absolute Gasteiger partial charge is 0.411 e. The van der Waals surface area contributed by atoms with Gasteiger partial charge in [0.15, 0.2) is 11.8 Å². The number of Topliss-reactive ketones (excluding diaryl/α,β-unsaturated/α-hetero) is 1. The highest BCUT2D eigenvalue weighted by Gasteiger charge is 2.53. The fourth-order valence-electron chi connectivity index (χ4n) is 3.27. The van der Waals surface area contributed by atoms with Crippen LogP contribution in [0, 0.1) is 5.92 Å². The number of ether oxygens (including phenoxy) is 3. The molecule has 3 rings (SSSR count). The first-order valence-corrected chi connectivity index (χ1v) is 9.88. The van der Waals surface area contributed by atoms with Gasteiger partial charge in [0, 0.05) is 0 Å². The Morgan fingerprint density at radius 1 is 0.839 bits per heavy atom. The maximum absolute atomic E-state index is 12.8. The van der Waals surface area contributed by atoms with Crippen molar-refractivity contribution < 1.29 is 33.4 Å². The molecule has 0 spiro atoms. The number of amides is 1. The van der Waals surface area contributed by atoms with Gasteiger partial charge in [-0.3, -0.25) is 14.5 Å². The predicted molar refractivity (Wildman–Crippen MR) is 108 cm³/mol. The number of benzene rings is 2. The Bertz CT molecular complexity index is 929. The van der Waals surface area contributed by atoms with E-state index < -0.39 is 42.3 Å². The number of nitrogens with zero attached hydrogens (tertiary/aromatic N) is 1. The first-order chi connectivity index (χ1) is 15.0. The Morgan fingerprint density at radius 3 is 1.94 bits per heavy atom. The van der Waals surface area contributed by atoms with Gasteiger partial charge < -0.3 is 14.2 Å². The van der Waals surface area contributed by atoms with Gasteiger partial charge in [-0.05, 0) is 18.1 Å². The third-order valence-electron chi connectivity index (χ3n) is 4.77. The summed E-state index contributed by atoms with van der Waals surface area (Å²) in [4.78, 5) is 51.3. The minimum Gasteiger partial charge on any atom is -0.465 e. The zero-order valence-electron chi connectivity index (χ0n) is 17.1. The van der Waals surface area contributed by atoms with Crippen LogP contribution in [-0.2, 0) is 41.8 Å². The molecule has 162 valence electrons. The molecule has 0 saturated carbocycles. The Balaban J connectivity index is 1.75. The van der Waals surface area contributed by atoms with Crippen LogP contribution in [-0.4, -0.2) is 47.9 Å². The van der Waals surface area contributed by atoms with E-state index >= 15 is 0 Å². The van der Waals surface area contributed by atoms with E-state index in [9.17, 15) is 19.2 Å². The normalized spacial score (nSPS) is 17.8. The minimum atomic E-state index is -1.45. The molecule has 0 bridgehead atoms. The molecule has 1 heterocycles. The van der Waals surface area contributed by atoms with Crippen LogP contribution in [0.2, 0.25) is 0 Å². The molecule has 0 radical (unpaired) electrons. The third kappa shape index (κ3) is 5.48. The van der Waals surface area contributed by atoms with Gasteiger partial charge in [0.25, 0.3) is 0 Å². The number of ketones is 1. The van der Waals surface area contributed by atoms with Crippen LogP contribution >= 0.6 is 0 Å². The maximum Gasteiger partial charge on any atom is 0.411 e. The second-order valence-corrected chi connectivity index (χ2v) is 6.90. The molecule has 0 aromatic heterocycles. The molecule has 2 aromatic carbocycles. The summed E-state index contributed by atoms with van der Waals surface area (Å²) in [6, 6.07) is 16.4. The van der Waals surface area contributed by atoms with E-state index in [2.05, 4.69) is 0 Å². The Labute approximate surface area is 179 Å². The average Bonchev–Trinajstić information content (AvgIpc) is 3.14. The molecule has 8 heteroatoms. The van der Waals surface area contributed by atoms with Crippen molar-refractivity contribution in [1.82, 2.24) is 4.90 Å². The van der Waals surface area contributed by atoms with Gasteiger partial charge in [-0.15, -0.1) is 0 Å². The molecule has 0 aliphatic carbocycles. The topological polar surface area (TPSA) is 99.2 Å². The van der Waals surface area contributed by atoms with E-state index in [1.54, 1.807) is 55.5 Å². The summed E-state index contributed by atoms with van der Waals surface area (Å²) >= 11 is 0. The second-order valence-electron chi connectivity index (χ2n) is 6.90. The molecular weight excluding hydrogens is 402 g/mol. The van der Waals surface area contributed by atoms with Crippen molar-refractivity contribution in [2.45, 2.75) is 26.2 Å². The highest BCUT2D eigenvalue weighted by Crippen LogP contribution is 2.26. The van der Waals surface area contributed by atoms with Crippen molar-refractivity contribution >= 4 is 23.8 Å². The number of hydrogen-bond acceptors (Lipinski definition) is 7. The van der Waals surface area contributed by atoms with Crippen molar-refractivity contribution in [2.24, 2.45) is 5.92 Å². The summed E-state index contributed by atoms with van der Waals surface area (Å²) in [6.07, 6.45) is -0.884. The van der Waals surface area contributed by atoms with E-state index in [0.717, 1.165) is 16.0 Å². The largest absolute Gasteiger partial charge is 0.465 e. The summed E-state index contributed by atoms with van der Waals surface area (Å²) in [7, 11) is 0. The van der Waals surface area contributed by atoms with Crippen molar-refractivity contribution in [2.75, 3.05) is 13.2 Å². The Kier molecular flexibility index (Phi) is 7.37. The van der Waals surface area contributed by atoms with Crippen molar-refractivity contribution in [1.29, 1.82) is 0 Å². The molecule has 8 nitrogen and oxygen atoms in total. The predicted octanol–water partition coefficient (Wildman–Crippen LogP) is 2.50. The highest BCUT2D eigenvalue weighted by molar-refractivity contribution is 6.09. The molecule has 1 fully saturated rings. The first-order valence-electron chi connectivity index (χ1n) is 9.88. The standard InChI is InChI=1S/C23H23NO7/c1-2-29-21(26)19-18(25)13-24(23(28)31-15-17-11-7-4-8-12-17)20(19)22(27)30-14-16-9-5-3-6-10-16/h3-12,19-20H,2,13-15H2,1H3. The zero-order chi connectivity index (χ0) is 22.2. The molecule has 2 atom stereocenters. The number of esters is 2. The Morgan fingerprint density at radius 2 is 1.39 bits per heavy atom. The Hall–Kier alpha value is -3.68. The van der Waals surface area contributed by atoms with Crippen LogP contribution in [0.1, 0.15) is 18.1 Å². The lowest BCUT2D eigenvalue weighted by Gasteiger charge is -2.24. The molecule has 1 amide bonds. The number of carbonyl (C=O) groups excluding carboxylic acids is 4. The monoisotopic (exact) mass is 425 g/mol. The number of rotatable bonds is 7. The van der Waals surface area contributed by atoms with Crippen molar-refractivity contribution in [3.8, 4) is 0 Å². The van der Waals surface area contributed by atoms with Gasteiger partial charge in [0.2, 0.25) is 0 Å². The van der Waals surface area contributed by atoms with Crippen LogP contribution in [0.15, 0.2) is 60.7 Å². The van der Waals surface area contributed by atoms with Gasteiger partial charge >= 0.3 is 18.0 Å². The van der Waals surface area contributed by atoms with E-state index in [4.69, 9.17) is 14.2 Å². The fraction of sp³-hybridized carbons (Fsp3) is 0.304. The summed E-state index contributed by atoms with van der Waals surface area (Å²) in [6.45, 7) is 1.08. The molecule has 0 N–H and O–H groups in total. The van der Waals surface area contributed by atoms with Gasteiger partial charge in [-0.25, -0.2) is 9.59 Å². The molecule has 1 aliphatic rings. The SMILES string of the molecule is CCOC(=O)C1C(=O)CN(C(=O)OCc2ccccc2)C1C(=O)OCc1ccccc1. The van der Waals surface area contributed by atoms with Crippen molar-refractivity contribution in [3.63, 3.8) is 0 Å².